The maximum absolute atomic E-state index is 13.4. The third kappa shape index (κ3) is 1.79. The highest BCUT2D eigenvalue weighted by Crippen LogP contribution is 2.40. The molecule has 0 radical (unpaired) electrons. The summed E-state index contributed by atoms with van der Waals surface area (Å²) in [5, 5.41) is 0. The molecule has 76 valence electrons. The van der Waals surface area contributed by atoms with Gasteiger partial charge in [-0.05, 0) is 42.7 Å². The van der Waals surface area contributed by atoms with Crippen molar-refractivity contribution in [3.63, 3.8) is 0 Å². The largest absolute Gasteiger partial charge is 0.330 e. The minimum atomic E-state index is -0.0748. The molecule has 3 heteroatoms. The second-order valence-corrected chi connectivity index (χ2v) is 4.67. The summed E-state index contributed by atoms with van der Waals surface area (Å²) < 4.78 is 13.4. The van der Waals surface area contributed by atoms with Crippen LogP contribution >= 0.6 is 11.8 Å². The summed E-state index contributed by atoms with van der Waals surface area (Å²) in [6, 6.07) is 5.37. The summed E-state index contributed by atoms with van der Waals surface area (Å²) in [5.41, 5.74) is 6.71. The van der Waals surface area contributed by atoms with Crippen LogP contribution in [0.3, 0.4) is 0 Å². The summed E-state index contributed by atoms with van der Waals surface area (Å²) in [5.74, 6) is 1.40. The van der Waals surface area contributed by atoms with Gasteiger partial charge in [-0.25, -0.2) is 4.39 Å². The Labute approximate surface area is 87.9 Å². The molecule has 0 spiro atoms. The van der Waals surface area contributed by atoms with Gasteiger partial charge in [0.05, 0.1) is 0 Å². The highest BCUT2D eigenvalue weighted by Gasteiger charge is 2.21. The lowest BCUT2D eigenvalue weighted by Crippen LogP contribution is -2.13. The summed E-state index contributed by atoms with van der Waals surface area (Å²) in [6.45, 7) is 0.686. The second-order valence-electron chi connectivity index (χ2n) is 3.57. The Morgan fingerprint density at radius 3 is 3.14 bits per heavy atom. The van der Waals surface area contributed by atoms with Crippen LogP contribution in [-0.2, 0) is 0 Å². The van der Waals surface area contributed by atoms with E-state index in [4.69, 9.17) is 5.73 Å². The van der Waals surface area contributed by atoms with Crippen molar-refractivity contribution in [3.05, 3.63) is 29.6 Å². The molecule has 1 heterocycles. The highest BCUT2D eigenvalue weighted by atomic mass is 32.2. The van der Waals surface area contributed by atoms with Gasteiger partial charge >= 0.3 is 0 Å². The van der Waals surface area contributed by atoms with Crippen molar-refractivity contribution in [1.29, 1.82) is 0 Å². The predicted molar refractivity (Wildman–Crippen MR) is 58.2 cm³/mol. The highest BCUT2D eigenvalue weighted by molar-refractivity contribution is 7.99. The van der Waals surface area contributed by atoms with Crippen molar-refractivity contribution in [2.45, 2.75) is 23.7 Å². The second kappa shape index (κ2) is 4.32. The average Bonchev–Trinajstić information content (AvgIpc) is 2.20. The molecule has 14 heavy (non-hydrogen) atoms. The van der Waals surface area contributed by atoms with E-state index in [0.717, 1.165) is 29.1 Å². The van der Waals surface area contributed by atoms with Crippen LogP contribution in [-0.4, -0.2) is 12.3 Å². The molecule has 0 saturated carbocycles. The zero-order valence-electron chi connectivity index (χ0n) is 8.00. The third-order valence-electron chi connectivity index (χ3n) is 2.67. The fourth-order valence-electron chi connectivity index (χ4n) is 1.96. The van der Waals surface area contributed by atoms with Gasteiger partial charge in [0, 0.05) is 4.90 Å². The molecule has 0 fully saturated rings. The molecular weight excluding hydrogens is 197 g/mol. The molecule has 1 aliphatic heterocycles. The summed E-state index contributed by atoms with van der Waals surface area (Å²) in [6.07, 6.45) is 2.09. The van der Waals surface area contributed by atoms with Crippen LogP contribution in [0, 0.1) is 5.82 Å². The van der Waals surface area contributed by atoms with Gasteiger partial charge in [-0.2, -0.15) is 0 Å². The Hall–Kier alpha value is -0.540. The number of hydrogen-bond donors (Lipinski definition) is 1. The quantitative estimate of drug-likeness (QED) is 0.814. The average molecular weight is 211 g/mol. The van der Waals surface area contributed by atoms with Gasteiger partial charge in [-0.3, -0.25) is 0 Å². The van der Waals surface area contributed by atoms with Crippen LogP contribution in [0.15, 0.2) is 23.1 Å². The van der Waals surface area contributed by atoms with E-state index in [-0.39, 0.29) is 5.82 Å². The lowest BCUT2D eigenvalue weighted by Gasteiger charge is -2.24. The summed E-state index contributed by atoms with van der Waals surface area (Å²) in [7, 11) is 0. The van der Waals surface area contributed by atoms with Crippen LogP contribution < -0.4 is 5.73 Å². The molecule has 1 aromatic rings. The molecule has 0 aromatic heterocycles. The van der Waals surface area contributed by atoms with Crippen molar-refractivity contribution in [2.75, 3.05) is 12.3 Å². The Morgan fingerprint density at radius 1 is 1.50 bits per heavy atom. The molecule has 0 saturated heterocycles. The Morgan fingerprint density at radius 2 is 2.36 bits per heavy atom. The number of thioether (sulfide) groups is 1. The van der Waals surface area contributed by atoms with Gasteiger partial charge in [0.25, 0.3) is 0 Å². The molecule has 1 aliphatic rings. The smallest absolute Gasteiger partial charge is 0.137 e. The van der Waals surface area contributed by atoms with Crippen LogP contribution in [0.1, 0.15) is 24.3 Å². The zero-order chi connectivity index (χ0) is 9.97. The number of benzene rings is 1. The maximum Gasteiger partial charge on any atom is 0.137 e. The molecular formula is C11H14FNS. The number of rotatable bonds is 2. The topological polar surface area (TPSA) is 26.0 Å². The molecule has 1 atom stereocenters. The van der Waals surface area contributed by atoms with Gasteiger partial charge in [0.2, 0.25) is 0 Å². The summed E-state index contributed by atoms with van der Waals surface area (Å²) >= 11 is 1.63. The first-order valence-electron chi connectivity index (χ1n) is 4.94. The van der Waals surface area contributed by atoms with Crippen LogP contribution in [0.5, 0.6) is 0 Å². The van der Waals surface area contributed by atoms with Crippen molar-refractivity contribution >= 4 is 11.8 Å². The van der Waals surface area contributed by atoms with E-state index in [2.05, 4.69) is 0 Å². The van der Waals surface area contributed by atoms with Gasteiger partial charge in [-0.1, -0.05) is 12.1 Å². The molecule has 2 rings (SSSR count). The van der Waals surface area contributed by atoms with Crippen LogP contribution in [0.4, 0.5) is 4.39 Å². The standard InChI is InChI=1S/C11H14FNS/c12-10-3-1-2-9-8(4-6-13)5-7-14-11(9)10/h1-3,8H,4-7,13H2. The minimum absolute atomic E-state index is 0.0748. The third-order valence-corrected chi connectivity index (χ3v) is 3.82. The van der Waals surface area contributed by atoms with E-state index in [1.807, 2.05) is 6.07 Å². The first-order chi connectivity index (χ1) is 6.83. The number of nitrogens with two attached hydrogens (primary N) is 1. The maximum atomic E-state index is 13.4. The first kappa shape index (κ1) is 9.99. The molecule has 0 bridgehead atoms. The molecule has 2 N–H and O–H groups in total. The lowest BCUT2D eigenvalue weighted by molar-refractivity contribution is 0.558. The molecule has 1 aromatic carbocycles. The minimum Gasteiger partial charge on any atom is -0.330 e. The van der Waals surface area contributed by atoms with Crippen molar-refractivity contribution in [3.8, 4) is 0 Å². The summed E-state index contributed by atoms with van der Waals surface area (Å²) in [4.78, 5) is 0.845. The molecule has 1 nitrogen and oxygen atoms in total. The Kier molecular flexibility index (Phi) is 3.08. The monoisotopic (exact) mass is 211 g/mol. The predicted octanol–water partition coefficient (Wildman–Crippen LogP) is 2.75. The lowest BCUT2D eigenvalue weighted by atomic mass is 9.92. The normalized spacial score (nSPS) is 20.6. The van der Waals surface area contributed by atoms with Gasteiger partial charge in [-0.15, -0.1) is 11.8 Å². The van der Waals surface area contributed by atoms with E-state index in [9.17, 15) is 4.39 Å². The van der Waals surface area contributed by atoms with Crippen LogP contribution in [0.25, 0.3) is 0 Å². The number of fused-ring (bicyclic) bond motifs is 1. The molecule has 0 amide bonds. The molecule has 1 unspecified atom stereocenters. The van der Waals surface area contributed by atoms with Gasteiger partial charge in [0.15, 0.2) is 0 Å². The fraction of sp³-hybridized carbons (Fsp3) is 0.455. The van der Waals surface area contributed by atoms with Crippen molar-refractivity contribution < 1.29 is 4.39 Å². The Balaban J connectivity index is 2.34. The zero-order valence-corrected chi connectivity index (χ0v) is 8.82. The van der Waals surface area contributed by atoms with E-state index < -0.39 is 0 Å². The molecule has 0 aliphatic carbocycles. The van der Waals surface area contributed by atoms with Gasteiger partial charge < -0.3 is 5.73 Å². The number of halogens is 1. The van der Waals surface area contributed by atoms with E-state index in [1.165, 1.54) is 6.07 Å². The van der Waals surface area contributed by atoms with Crippen molar-refractivity contribution in [1.82, 2.24) is 0 Å². The first-order valence-corrected chi connectivity index (χ1v) is 5.92. The van der Waals surface area contributed by atoms with E-state index in [0.29, 0.717) is 12.5 Å². The SMILES string of the molecule is NCCC1CCSc2c(F)cccc21. The Bertz CT molecular complexity index is 327. The number of hydrogen-bond acceptors (Lipinski definition) is 2. The van der Waals surface area contributed by atoms with E-state index >= 15 is 0 Å². The van der Waals surface area contributed by atoms with E-state index in [1.54, 1.807) is 17.8 Å². The fourth-order valence-corrected chi connectivity index (χ4v) is 3.17. The van der Waals surface area contributed by atoms with Crippen LogP contribution in [0.2, 0.25) is 0 Å². The van der Waals surface area contributed by atoms with Crippen molar-refractivity contribution in [2.24, 2.45) is 5.73 Å². The van der Waals surface area contributed by atoms with Gasteiger partial charge in [0.1, 0.15) is 5.82 Å².